The van der Waals surface area contributed by atoms with E-state index < -0.39 is 0 Å². The topological polar surface area (TPSA) is 40.8 Å². The van der Waals surface area contributed by atoms with Gasteiger partial charge in [-0.3, -0.25) is 0 Å². The molecule has 6 aromatic rings. The summed E-state index contributed by atoms with van der Waals surface area (Å²) in [5.41, 5.74) is 6.66. The summed E-state index contributed by atoms with van der Waals surface area (Å²) in [6.45, 7) is 0. The van der Waals surface area contributed by atoms with Gasteiger partial charge in [0.1, 0.15) is 17.0 Å². The van der Waals surface area contributed by atoms with Crippen LogP contribution in [0.25, 0.3) is 32.0 Å². The summed E-state index contributed by atoms with van der Waals surface area (Å²) in [5, 5.41) is 7.27. The molecule has 0 spiro atoms. The molecule has 0 amide bonds. The molecule has 4 aromatic carbocycles. The molecule has 0 fully saturated rings. The fraction of sp³-hybridized carbons (Fsp3) is 0.0882. The zero-order valence-corrected chi connectivity index (χ0v) is 21.7. The molecule has 3 unspecified atom stereocenters. The molecule has 4 heterocycles. The minimum atomic E-state index is -0.158. The number of para-hydroxylation sites is 1. The molecule has 186 valence electrons. The van der Waals surface area contributed by atoms with E-state index in [0.717, 1.165) is 33.3 Å². The summed E-state index contributed by atoms with van der Waals surface area (Å²) in [6.07, 6.45) is 8.84. The van der Waals surface area contributed by atoms with Crippen LogP contribution in [0.4, 0.5) is 11.4 Å². The zero-order valence-electron chi connectivity index (χ0n) is 20.9. The molecular formula is C34H23N3OS. The maximum atomic E-state index is 6.31. The number of thiophene rings is 1. The number of aliphatic imine (C=N–C) groups is 1. The van der Waals surface area contributed by atoms with Gasteiger partial charge in [-0.25, -0.2) is 4.99 Å². The van der Waals surface area contributed by atoms with Crippen LogP contribution in [0.1, 0.15) is 28.1 Å². The maximum absolute atomic E-state index is 6.31. The number of fused-ring (bicyclic) bond motifs is 9. The van der Waals surface area contributed by atoms with Gasteiger partial charge >= 0.3 is 0 Å². The third kappa shape index (κ3) is 3.02. The molecule has 3 aliphatic rings. The van der Waals surface area contributed by atoms with E-state index in [1.807, 2.05) is 17.4 Å². The fourth-order valence-corrected chi connectivity index (χ4v) is 7.71. The Hall–Kier alpha value is -4.61. The SMILES string of the molecule is C1=CC2c3cc4oc5ccccc5c4cc3N(C3N=C(c4ccccc4)Nc4c3sc3ccccc43)C2C=C1. The molecule has 2 aliphatic heterocycles. The molecule has 0 bridgehead atoms. The molecule has 0 saturated carbocycles. The predicted molar refractivity (Wildman–Crippen MR) is 162 cm³/mol. The van der Waals surface area contributed by atoms with E-state index in [2.05, 4.69) is 119 Å². The number of amidine groups is 1. The van der Waals surface area contributed by atoms with Gasteiger partial charge in [-0.2, -0.15) is 0 Å². The van der Waals surface area contributed by atoms with E-state index in [9.17, 15) is 0 Å². The molecular weight excluding hydrogens is 498 g/mol. The first-order chi connectivity index (χ1) is 19.3. The standard InChI is InChI=1S/C34H23N3OS/c1-2-10-20(11-3-1)33-35-31-23-14-6-9-17-30(23)39-32(31)34(36-33)37-26-15-7-4-12-21(26)24-19-29-25(18-27(24)37)22-13-5-8-16-28(22)38-29/h1-19,21,26,34H,(H,35,36). The molecule has 1 N–H and O–H groups in total. The lowest BCUT2D eigenvalue weighted by Crippen LogP contribution is -2.38. The Morgan fingerprint density at radius 3 is 2.49 bits per heavy atom. The summed E-state index contributed by atoms with van der Waals surface area (Å²) >= 11 is 1.84. The largest absolute Gasteiger partial charge is 0.456 e. The van der Waals surface area contributed by atoms with E-state index in [4.69, 9.17) is 9.41 Å². The van der Waals surface area contributed by atoms with Crippen LogP contribution in [0, 0.1) is 0 Å². The van der Waals surface area contributed by atoms with Gasteiger partial charge in [0.2, 0.25) is 0 Å². The molecule has 4 nitrogen and oxygen atoms in total. The Balaban J connectivity index is 1.31. The van der Waals surface area contributed by atoms with Crippen molar-refractivity contribution in [1.82, 2.24) is 0 Å². The monoisotopic (exact) mass is 521 g/mol. The Morgan fingerprint density at radius 2 is 1.56 bits per heavy atom. The fourth-order valence-electron chi connectivity index (χ4n) is 6.51. The summed E-state index contributed by atoms with van der Waals surface area (Å²) in [7, 11) is 0. The highest BCUT2D eigenvalue weighted by atomic mass is 32.1. The van der Waals surface area contributed by atoms with E-state index in [-0.39, 0.29) is 18.1 Å². The minimum absolute atomic E-state index is 0.158. The van der Waals surface area contributed by atoms with Crippen LogP contribution in [0.15, 0.2) is 125 Å². The van der Waals surface area contributed by atoms with Gasteiger partial charge in [0.05, 0.1) is 16.6 Å². The second kappa shape index (κ2) is 7.95. The Morgan fingerprint density at radius 1 is 0.769 bits per heavy atom. The van der Waals surface area contributed by atoms with Gasteiger partial charge in [0, 0.05) is 38.0 Å². The van der Waals surface area contributed by atoms with E-state index in [1.54, 1.807) is 0 Å². The number of hydrogen-bond acceptors (Lipinski definition) is 5. The Labute approximate surface area is 229 Å². The van der Waals surface area contributed by atoms with Crippen molar-refractivity contribution in [2.24, 2.45) is 4.99 Å². The van der Waals surface area contributed by atoms with Crippen molar-refractivity contribution in [3.8, 4) is 0 Å². The van der Waals surface area contributed by atoms with Gasteiger partial charge in [-0.1, -0.05) is 91.0 Å². The first kappa shape index (κ1) is 21.3. The van der Waals surface area contributed by atoms with Gasteiger partial charge < -0.3 is 14.6 Å². The Kier molecular flexibility index (Phi) is 4.35. The summed E-state index contributed by atoms with van der Waals surface area (Å²) in [4.78, 5) is 9.24. The van der Waals surface area contributed by atoms with Crippen molar-refractivity contribution < 1.29 is 4.42 Å². The number of allylic oxidation sites excluding steroid dienone is 2. The first-order valence-corrected chi connectivity index (χ1v) is 14.2. The molecule has 9 rings (SSSR count). The van der Waals surface area contributed by atoms with E-state index >= 15 is 0 Å². The zero-order chi connectivity index (χ0) is 25.5. The summed E-state index contributed by atoms with van der Waals surface area (Å²) in [6, 6.07) is 32.2. The van der Waals surface area contributed by atoms with Crippen molar-refractivity contribution >= 4 is 60.6 Å². The lowest BCUT2D eigenvalue weighted by molar-refractivity contribution is 0.590. The van der Waals surface area contributed by atoms with Crippen LogP contribution in [0.2, 0.25) is 0 Å². The van der Waals surface area contributed by atoms with Crippen molar-refractivity contribution in [3.63, 3.8) is 0 Å². The number of nitrogens with one attached hydrogen (secondary N) is 1. The van der Waals surface area contributed by atoms with E-state index in [0.29, 0.717) is 0 Å². The molecule has 3 atom stereocenters. The number of rotatable bonds is 2. The summed E-state index contributed by atoms with van der Waals surface area (Å²) < 4.78 is 7.59. The van der Waals surface area contributed by atoms with Crippen LogP contribution in [-0.4, -0.2) is 11.9 Å². The van der Waals surface area contributed by atoms with Crippen LogP contribution in [-0.2, 0) is 0 Å². The molecule has 0 saturated heterocycles. The number of anilines is 2. The van der Waals surface area contributed by atoms with E-state index in [1.165, 1.54) is 31.9 Å². The number of nitrogens with zero attached hydrogens (tertiary/aromatic N) is 2. The molecule has 2 aromatic heterocycles. The second-order valence-electron chi connectivity index (χ2n) is 10.4. The normalized spacial score (nSPS) is 21.2. The van der Waals surface area contributed by atoms with Gasteiger partial charge in [-0.05, 0) is 29.8 Å². The number of furan rings is 1. The van der Waals surface area contributed by atoms with Crippen LogP contribution < -0.4 is 10.2 Å². The maximum Gasteiger partial charge on any atom is 0.161 e. The summed E-state index contributed by atoms with van der Waals surface area (Å²) in [5.74, 6) is 1.15. The second-order valence-corrected chi connectivity index (χ2v) is 11.5. The van der Waals surface area contributed by atoms with Crippen molar-refractivity contribution in [3.05, 3.63) is 131 Å². The van der Waals surface area contributed by atoms with Crippen LogP contribution in [0.5, 0.6) is 0 Å². The molecule has 0 radical (unpaired) electrons. The lowest BCUT2D eigenvalue weighted by atomic mass is 9.91. The quantitative estimate of drug-likeness (QED) is 0.248. The first-order valence-electron chi connectivity index (χ1n) is 13.3. The van der Waals surface area contributed by atoms with Crippen molar-refractivity contribution in [2.75, 3.05) is 10.2 Å². The smallest absolute Gasteiger partial charge is 0.161 e. The lowest BCUT2D eigenvalue weighted by Gasteiger charge is -2.36. The number of benzene rings is 4. The van der Waals surface area contributed by atoms with Crippen LogP contribution in [0.3, 0.4) is 0 Å². The average molecular weight is 522 g/mol. The predicted octanol–water partition coefficient (Wildman–Crippen LogP) is 8.77. The molecule has 1 aliphatic carbocycles. The van der Waals surface area contributed by atoms with Crippen LogP contribution >= 0.6 is 11.3 Å². The third-order valence-electron chi connectivity index (χ3n) is 8.25. The van der Waals surface area contributed by atoms with Gasteiger partial charge in [-0.15, -0.1) is 11.3 Å². The highest BCUT2D eigenvalue weighted by Crippen LogP contribution is 2.54. The third-order valence-corrected chi connectivity index (χ3v) is 9.46. The number of hydrogen-bond donors (Lipinski definition) is 1. The van der Waals surface area contributed by atoms with Crippen molar-refractivity contribution in [2.45, 2.75) is 18.1 Å². The highest BCUT2D eigenvalue weighted by molar-refractivity contribution is 7.20. The van der Waals surface area contributed by atoms with Crippen molar-refractivity contribution in [1.29, 1.82) is 0 Å². The minimum Gasteiger partial charge on any atom is -0.456 e. The van der Waals surface area contributed by atoms with Gasteiger partial charge in [0.15, 0.2) is 6.17 Å². The Bertz CT molecular complexity index is 2030. The molecule has 5 heteroatoms. The average Bonchev–Trinajstić information content (AvgIpc) is 3.65. The van der Waals surface area contributed by atoms with Gasteiger partial charge in [0.25, 0.3) is 0 Å². The molecule has 39 heavy (non-hydrogen) atoms. The highest BCUT2D eigenvalue weighted by Gasteiger charge is 2.43.